The van der Waals surface area contributed by atoms with Crippen molar-refractivity contribution in [3.63, 3.8) is 0 Å². The van der Waals surface area contributed by atoms with E-state index in [-0.39, 0.29) is 30.0 Å². The first-order valence-electron chi connectivity index (χ1n) is 8.34. The van der Waals surface area contributed by atoms with Crippen LogP contribution in [-0.2, 0) is 9.53 Å². The fraction of sp³-hybridized carbons (Fsp3) is 0.611. The Labute approximate surface area is 138 Å². The van der Waals surface area contributed by atoms with E-state index in [1.807, 2.05) is 44.2 Å². The highest BCUT2D eigenvalue weighted by Crippen LogP contribution is 2.20. The summed E-state index contributed by atoms with van der Waals surface area (Å²) in [5, 5.41) is 16.7. The van der Waals surface area contributed by atoms with Gasteiger partial charge in [-0.3, -0.25) is 4.79 Å². The minimum atomic E-state index is -0.724. The Kier molecular flexibility index (Phi) is 6.57. The van der Waals surface area contributed by atoms with Crippen LogP contribution in [0.1, 0.15) is 38.4 Å². The maximum absolute atomic E-state index is 12.5. The van der Waals surface area contributed by atoms with Crippen molar-refractivity contribution in [1.29, 1.82) is 0 Å². The van der Waals surface area contributed by atoms with E-state index < -0.39 is 6.10 Å². The third-order valence-corrected chi connectivity index (χ3v) is 4.66. The highest BCUT2D eigenvalue weighted by atomic mass is 16.5. The molecular weight excluding hydrogens is 292 g/mol. The molecule has 23 heavy (non-hydrogen) atoms. The van der Waals surface area contributed by atoms with Crippen LogP contribution in [0.3, 0.4) is 0 Å². The van der Waals surface area contributed by atoms with Crippen molar-refractivity contribution in [1.82, 2.24) is 10.6 Å². The first-order chi connectivity index (χ1) is 11.0. The van der Waals surface area contributed by atoms with Crippen LogP contribution in [-0.4, -0.2) is 42.9 Å². The molecule has 1 aliphatic heterocycles. The van der Waals surface area contributed by atoms with E-state index in [9.17, 15) is 9.90 Å². The summed E-state index contributed by atoms with van der Waals surface area (Å²) >= 11 is 0. The Bertz CT molecular complexity index is 488. The van der Waals surface area contributed by atoms with Gasteiger partial charge in [0, 0.05) is 13.2 Å². The van der Waals surface area contributed by atoms with E-state index in [1.165, 1.54) is 0 Å². The summed E-state index contributed by atoms with van der Waals surface area (Å²) in [6, 6.07) is 9.23. The number of hydrogen-bond donors (Lipinski definition) is 3. The third kappa shape index (κ3) is 4.53. The molecule has 5 nitrogen and oxygen atoms in total. The van der Waals surface area contributed by atoms with Gasteiger partial charge in [-0.1, -0.05) is 37.3 Å². The molecular formula is C18H28N2O3. The fourth-order valence-corrected chi connectivity index (χ4v) is 3.23. The van der Waals surface area contributed by atoms with Crippen molar-refractivity contribution >= 4 is 5.91 Å². The van der Waals surface area contributed by atoms with Crippen LogP contribution in [0.2, 0.25) is 0 Å². The summed E-state index contributed by atoms with van der Waals surface area (Å²) in [4.78, 5) is 12.5. The van der Waals surface area contributed by atoms with Gasteiger partial charge in [-0.15, -0.1) is 0 Å². The molecule has 5 atom stereocenters. The Balaban J connectivity index is 1.94. The van der Waals surface area contributed by atoms with Gasteiger partial charge in [0.25, 0.3) is 0 Å². The molecule has 1 heterocycles. The number of amides is 1. The van der Waals surface area contributed by atoms with Gasteiger partial charge in [-0.05, 0) is 31.9 Å². The lowest BCUT2D eigenvalue weighted by Gasteiger charge is -2.29. The van der Waals surface area contributed by atoms with Gasteiger partial charge in [0.05, 0.1) is 24.2 Å². The van der Waals surface area contributed by atoms with Gasteiger partial charge < -0.3 is 20.5 Å². The van der Waals surface area contributed by atoms with Crippen molar-refractivity contribution in [2.24, 2.45) is 5.92 Å². The lowest BCUT2D eigenvalue weighted by Crippen LogP contribution is -2.48. The Morgan fingerprint density at radius 1 is 1.35 bits per heavy atom. The number of aliphatic hydroxyl groups excluding tert-OH is 1. The Morgan fingerprint density at radius 2 is 2.04 bits per heavy atom. The quantitative estimate of drug-likeness (QED) is 0.714. The number of carbonyl (C=O) groups excluding carboxylic acids is 1. The maximum Gasteiger partial charge on any atom is 0.225 e. The number of benzene rings is 1. The number of ether oxygens (including phenoxy) is 1. The molecule has 2 rings (SSSR count). The summed E-state index contributed by atoms with van der Waals surface area (Å²) in [6.07, 6.45) is 1.26. The molecule has 1 saturated heterocycles. The maximum atomic E-state index is 12.5. The zero-order valence-electron chi connectivity index (χ0n) is 14.2. The zero-order chi connectivity index (χ0) is 16.8. The molecule has 1 aromatic carbocycles. The second kappa shape index (κ2) is 8.43. The average molecular weight is 320 g/mol. The summed E-state index contributed by atoms with van der Waals surface area (Å²) in [5.74, 6) is -0.367. The molecule has 1 fully saturated rings. The van der Waals surface area contributed by atoms with Crippen molar-refractivity contribution in [3.05, 3.63) is 35.9 Å². The van der Waals surface area contributed by atoms with E-state index >= 15 is 0 Å². The van der Waals surface area contributed by atoms with Crippen molar-refractivity contribution < 1.29 is 14.6 Å². The van der Waals surface area contributed by atoms with Gasteiger partial charge in [-0.25, -0.2) is 0 Å². The van der Waals surface area contributed by atoms with Crippen LogP contribution in [0.4, 0.5) is 0 Å². The highest BCUT2D eigenvalue weighted by Gasteiger charge is 2.33. The van der Waals surface area contributed by atoms with Crippen molar-refractivity contribution in [2.45, 2.75) is 51.0 Å². The molecule has 1 aliphatic rings. The number of hydrogen-bond acceptors (Lipinski definition) is 4. The molecule has 0 radical (unpaired) electrons. The summed E-state index contributed by atoms with van der Waals surface area (Å²) in [7, 11) is 1.65. The molecule has 0 bridgehead atoms. The minimum Gasteiger partial charge on any atom is -0.386 e. The monoisotopic (exact) mass is 320 g/mol. The number of nitrogens with one attached hydrogen (secondary N) is 2. The summed E-state index contributed by atoms with van der Waals surface area (Å²) in [5.41, 5.74) is 0.800. The second-order valence-electron chi connectivity index (χ2n) is 6.34. The van der Waals surface area contributed by atoms with Crippen LogP contribution in [0.15, 0.2) is 30.3 Å². The highest BCUT2D eigenvalue weighted by molar-refractivity contribution is 5.79. The van der Waals surface area contributed by atoms with Crippen LogP contribution < -0.4 is 10.6 Å². The van der Waals surface area contributed by atoms with Gasteiger partial charge in [0.15, 0.2) is 0 Å². The van der Waals surface area contributed by atoms with Gasteiger partial charge in [-0.2, -0.15) is 0 Å². The lowest BCUT2D eigenvalue weighted by molar-refractivity contribution is -0.131. The van der Waals surface area contributed by atoms with Gasteiger partial charge >= 0.3 is 0 Å². The van der Waals surface area contributed by atoms with Crippen LogP contribution in [0.25, 0.3) is 0 Å². The Morgan fingerprint density at radius 3 is 2.61 bits per heavy atom. The SMILES string of the molecule is CO[C@@H]([C@@H]1CCCN1)[C@@H](C)C(=O)N[C@H](C)[C@H](O)c1ccccc1. The first-order valence-corrected chi connectivity index (χ1v) is 8.34. The molecule has 0 spiro atoms. The molecule has 128 valence electrons. The number of rotatable bonds is 7. The predicted octanol–water partition coefficient (Wildman–Crippen LogP) is 1.63. The molecule has 0 saturated carbocycles. The molecule has 1 aromatic rings. The minimum absolute atomic E-state index is 0.0898. The lowest BCUT2D eigenvalue weighted by atomic mass is 9.94. The van der Waals surface area contributed by atoms with E-state index in [1.54, 1.807) is 7.11 Å². The van der Waals surface area contributed by atoms with Gasteiger partial charge in [0.1, 0.15) is 0 Å². The van der Waals surface area contributed by atoms with E-state index in [0.717, 1.165) is 24.9 Å². The predicted molar refractivity (Wildman–Crippen MR) is 90.0 cm³/mol. The summed E-state index contributed by atoms with van der Waals surface area (Å²) in [6.45, 7) is 4.67. The number of aliphatic hydroxyl groups is 1. The standard InChI is InChI=1S/C18H28N2O3/c1-12(17(23-3)15-10-7-11-19-15)18(22)20-13(2)16(21)14-8-5-4-6-9-14/h4-6,8-9,12-13,15-17,19,21H,7,10-11H2,1-3H3,(H,20,22)/t12-,13-,15+,16+,17-/m1/s1. The van der Waals surface area contributed by atoms with E-state index in [4.69, 9.17) is 4.74 Å². The van der Waals surface area contributed by atoms with Crippen molar-refractivity contribution in [3.8, 4) is 0 Å². The molecule has 3 N–H and O–H groups in total. The zero-order valence-corrected chi connectivity index (χ0v) is 14.2. The second-order valence-corrected chi connectivity index (χ2v) is 6.34. The van der Waals surface area contributed by atoms with Crippen LogP contribution in [0.5, 0.6) is 0 Å². The topological polar surface area (TPSA) is 70.6 Å². The molecule has 0 aromatic heterocycles. The smallest absolute Gasteiger partial charge is 0.225 e. The molecule has 1 amide bonds. The molecule has 0 aliphatic carbocycles. The fourth-order valence-electron chi connectivity index (χ4n) is 3.23. The van der Waals surface area contributed by atoms with Crippen molar-refractivity contribution in [2.75, 3.05) is 13.7 Å². The normalized spacial score (nSPS) is 23.0. The first kappa shape index (κ1) is 17.9. The van der Waals surface area contributed by atoms with Crippen LogP contribution in [0, 0.1) is 5.92 Å². The van der Waals surface area contributed by atoms with E-state index in [0.29, 0.717) is 0 Å². The number of carbonyl (C=O) groups is 1. The van der Waals surface area contributed by atoms with E-state index in [2.05, 4.69) is 10.6 Å². The largest absolute Gasteiger partial charge is 0.386 e. The number of methoxy groups -OCH3 is 1. The molecule has 0 unspecified atom stereocenters. The summed E-state index contributed by atoms with van der Waals surface area (Å²) < 4.78 is 5.56. The third-order valence-electron chi connectivity index (χ3n) is 4.66. The average Bonchev–Trinajstić information content (AvgIpc) is 3.09. The van der Waals surface area contributed by atoms with Crippen LogP contribution >= 0.6 is 0 Å². The van der Waals surface area contributed by atoms with Gasteiger partial charge in [0.2, 0.25) is 5.91 Å². The Hall–Kier alpha value is -1.43. The molecule has 5 heteroatoms.